The molecule has 0 saturated heterocycles. The van der Waals surface area contributed by atoms with Gasteiger partial charge < -0.3 is 15.0 Å². The number of rotatable bonds is 6. The van der Waals surface area contributed by atoms with Gasteiger partial charge in [0.1, 0.15) is 5.75 Å². The summed E-state index contributed by atoms with van der Waals surface area (Å²) in [6, 6.07) is 6.43. The molecule has 0 aliphatic heterocycles. The number of aromatic nitrogens is 2. The van der Waals surface area contributed by atoms with Crippen molar-refractivity contribution in [2.75, 3.05) is 18.2 Å². The highest BCUT2D eigenvalue weighted by Gasteiger charge is 2.08. The van der Waals surface area contributed by atoms with Crippen molar-refractivity contribution in [3.63, 3.8) is 0 Å². The predicted octanol–water partition coefficient (Wildman–Crippen LogP) is 2.73. The highest BCUT2D eigenvalue weighted by Crippen LogP contribution is 2.27. The molecule has 122 valence electrons. The summed E-state index contributed by atoms with van der Waals surface area (Å²) in [4.78, 5) is 30.3. The van der Waals surface area contributed by atoms with Gasteiger partial charge in [-0.05, 0) is 24.6 Å². The molecule has 1 amide bonds. The van der Waals surface area contributed by atoms with Crippen LogP contribution in [-0.2, 0) is 11.2 Å². The topological polar surface area (TPSA) is 84.1 Å². The number of carbonyl (C=O) groups excluding carboxylic acids is 1. The summed E-state index contributed by atoms with van der Waals surface area (Å²) in [6.45, 7) is 1.91. The second-order valence-electron chi connectivity index (χ2n) is 4.58. The second kappa shape index (κ2) is 8.03. The van der Waals surface area contributed by atoms with E-state index in [1.165, 1.54) is 24.9 Å². The van der Waals surface area contributed by atoms with E-state index >= 15 is 0 Å². The van der Waals surface area contributed by atoms with Crippen LogP contribution in [0.25, 0.3) is 0 Å². The lowest BCUT2D eigenvalue weighted by Gasteiger charge is -2.08. The zero-order chi connectivity index (χ0) is 16.8. The normalized spacial score (nSPS) is 10.4. The molecular weight excluding hydrogens is 338 g/mol. The van der Waals surface area contributed by atoms with Gasteiger partial charge in [0.15, 0.2) is 5.16 Å². The Morgan fingerprint density at radius 2 is 2.22 bits per heavy atom. The Labute approximate surface area is 142 Å². The number of hydrogen-bond donors (Lipinski definition) is 2. The van der Waals surface area contributed by atoms with Crippen molar-refractivity contribution in [3.8, 4) is 5.75 Å². The number of ether oxygens (including phenoxy) is 1. The number of aryl methyl sites for hydroxylation is 1. The summed E-state index contributed by atoms with van der Waals surface area (Å²) in [5.74, 6) is 0.442. The number of halogens is 1. The van der Waals surface area contributed by atoms with E-state index in [2.05, 4.69) is 15.3 Å². The van der Waals surface area contributed by atoms with Crippen molar-refractivity contribution in [3.05, 3.63) is 45.3 Å². The first-order chi connectivity index (χ1) is 11.0. The third-order valence-corrected chi connectivity index (χ3v) is 4.08. The number of nitrogens with zero attached hydrogens (tertiary/aromatic N) is 1. The van der Waals surface area contributed by atoms with Crippen molar-refractivity contribution >= 4 is 35.0 Å². The van der Waals surface area contributed by atoms with E-state index in [-0.39, 0.29) is 17.2 Å². The summed E-state index contributed by atoms with van der Waals surface area (Å²) in [5, 5.41) is 3.57. The average Bonchev–Trinajstić information content (AvgIpc) is 2.52. The zero-order valence-corrected chi connectivity index (χ0v) is 14.3. The standard InChI is InChI=1S/C15H16ClN3O3S/c1-3-9-7-13(20)19-15(18-9)23-8-14(21)17-10-4-5-12(22-2)11(16)6-10/h4-7H,3,8H2,1-2H3,(H,17,21)(H,18,19,20). The van der Waals surface area contributed by atoms with Gasteiger partial charge in [-0.3, -0.25) is 9.59 Å². The Balaban J connectivity index is 1.96. The van der Waals surface area contributed by atoms with Crippen LogP contribution in [0.4, 0.5) is 5.69 Å². The molecule has 1 aromatic heterocycles. The molecule has 1 heterocycles. The highest BCUT2D eigenvalue weighted by atomic mass is 35.5. The van der Waals surface area contributed by atoms with Crippen LogP contribution in [-0.4, -0.2) is 28.7 Å². The average molecular weight is 354 g/mol. The van der Waals surface area contributed by atoms with Gasteiger partial charge in [-0.1, -0.05) is 30.3 Å². The highest BCUT2D eigenvalue weighted by molar-refractivity contribution is 7.99. The van der Waals surface area contributed by atoms with Crippen LogP contribution in [0.1, 0.15) is 12.6 Å². The molecule has 0 aliphatic carbocycles. The van der Waals surface area contributed by atoms with Gasteiger partial charge in [-0.2, -0.15) is 0 Å². The number of nitrogens with one attached hydrogen (secondary N) is 2. The van der Waals surface area contributed by atoms with E-state index in [0.717, 1.165) is 0 Å². The molecule has 6 nitrogen and oxygen atoms in total. The Bertz CT molecular complexity index is 764. The van der Waals surface area contributed by atoms with Crippen molar-refractivity contribution in [2.45, 2.75) is 18.5 Å². The summed E-state index contributed by atoms with van der Waals surface area (Å²) >= 11 is 7.17. The monoisotopic (exact) mass is 353 g/mol. The van der Waals surface area contributed by atoms with Gasteiger partial charge in [0, 0.05) is 17.4 Å². The SMILES string of the molecule is CCc1cc(=O)[nH]c(SCC(=O)Nc2ccc(OC)c(Cl)c2)n1. The number of amides is 1. The first kappa shape index (κ1) is 17.4. The quantitative estimate of drug-likeness (QED) is 0.616. The molecule has 0 aliphatic rings. The van der Waals surface area contributed by atoms with Crippen LogP contribution in [0, 0.1) is 0 Å². The molecule has 0 bridgehead atoms. The molecule has 8 heteroatoms. The fourth-order valence-electron chi connectivity index (χ4n) is 1.81. The molecule has 0 unspecified atom stereocenters. The fourth-order valence-corrected chi connectivity index (χ4v) is 2.76. The van der Waals surface area contributed by atoms with Crippen LogP contribution in [0.5, 0.6) is 5.75 Å². The van der Waals surface area contributed by atoms with Crippen LogP contribution < -0.4 is 15.6 Å². The van der Waals surface area contributed by atoms with E-state index in [1.54, 1.807) is 18.2 Å². The number of carbonyl (C=O) groups is 1. The lowest BCUT2D eigenvalue weighted by Crippen LogP contribution is -2.15. The summed E-state index contributed by atoms with van der Waals surface area (Å²) < 4.78 is 5.05. The van der Waals surface area contributed by atoms with Gasteiger partial charge >= 0.3 is 0 Å². The number of hydrogen-bond acceptors (Lipinski definition) is 5. The molecule has 0 spiro atoms. The van der Waals surface area contributed by atoms with Gasteiger partial charge in [-0.25, -0.2) is 4.98 Å². The van der Waals surface area contributed by atoms with E-state index in [9.17, 15) is 9.59 Å². The third kappa shape index (κ3) is 5.01. The minimum atomic E-state index is -0.221. The summed E-state index contributed by atoms with van der Waals surface area (Å²) in [5.41, 5.74) is 1.05. The lowest BCUT2D eigenvalue weighted by molar-refractivity contribution is -0.113. The molecule has 0 saturated carbocycles. The maximum Gasteiger partial charge on any atom is 0.251 e. The van der Waals surface area contributed by atoms with E-state index in [1.807, 2.05) is 6.92 Å². The van der Waals surface area contributed by atoms with Crippen molar-refractivity contribution < 1.29 is 9.53 Å². The van der Waals surface area contributed by atoms with Crippen LogP contribution >= 0.6 is 23.4 Å². The molecule has 2 aromatic rings. The molecule has 2 N–H and O–H groups in total. The van der Waals surface area contributed by atoms with E-state index in [4.69, 9.17) is 16.3 Å². The fraction of sp³-hybridized carbons (Fsp3) is 0.267. The maximum atomic E-state index is 12.0. The maximum absolute atomic E-state index is 12.0. The summed E-state index contributed by atoms with van der Waals surface area (Å²) in [6.07, 6.45) is 0.661. The Kier molecular flexibility index (Phi) is 6.06. The van der Waals surface area contributed by atoms with Gasteiger partial charge in [0.05, 0.1) is 17.9 Å². The van der Waals surface area contributed by atoms with Crippen molar-refractivity contribution in [1.82, 2.24) is 9.97 Å². The zero-order valence-electron chi connectivity index (χ0n) is 12.7. The minimum Gasteiger partial charge on any atom is -0.495 e. The number of anilines is 1. The minimum absolute atomic E-state index is 0.125. The number of methoxy groups -OCH3 is 1. The Morgan fingerprint density at radius 3 is 2.87 bits per heavy atom. The first-order valence-corrected chi connectivity index (χ1v) is 8.24. The number of aromatic amines is 1. The van der Waals surface area contributed by atoms with Crippen LogP contribution in [0.3, 0.4) is 0 Å². The molecule has 2 rings (SSSR count). The van der Waals surface area contributed by atoms with E-state index < -0.39 is 0 Å². The number of H-pyrrole nitrogens is 1. The molecule has 0 radical (unpaired) electrons. The van der Waals surface area contributed by atoms with E-state index in [0.29, 0.717) is 33.7 Å². The van der Waals surface area contributed by atoms with Gasteiger partial charge in [0.2, 0.25) is 5.91 Å². The van der Waals surface area contributed by atoms with Crippen molar-refractivity contribution in [2.24, 2.45) is 0 Å². The largest absolute Gasteiger partial charge is 0.495 e. The van der Waals surface area contributed by atoms with Gasteiger partial charge in [-0.15, -0.1) is 0 Å². The molecular formula is C15H16ClN3O3S. The Hall–Kier alpha value is -1.99. The second-order valence-corrected chi connectivity index (χ2v) is 5.95. The molecule has 0 fully saturated rings. The molecule has 23 heavy (non-hydrogen) atoms. The number of benzene rings is 1. The van der Waals surface area contributed by atoms with Gasteiger partial charge in [0.25, 0.3) is 5.56 Å². The summed E-state index contributed by atoms with van der Waals surface area (Å²) in [7, 11) is 1.52. The third-order valence-electron chi connectivity index (χ3n) is 2.91. The van der Waals surface area contributed by atoms with Crippen LogP contribution in [0.2, 0.25) is 5.02 Å². The number of thioether (sulfide) groups is 1. The lowest BCUT2D eigenvalue weighted by atomic mass is 10.3. The Morgan fingerprint density at radius 1 is 1.43 bits per heavy atom. The predicted molar refractivity (Wildman–Crippen MR) is 91.6 cm³/mol. The van der Waals surface area contributed by atoms with Crippen molar-refractivity contribution in [1.29, 1.82) is 0 Å². The van der Waals surface area contributed by atoms with Crippen LogP contribution in [0.15, 0.2) is 34.2 Å². The molecule has 0 atom stereocenters. The molecule has 1 aromatic carbocycles. The first-order valence-electron chi connectivity index (χ1n) is 6.88. The smallest absolute Gasteiger partial charge is 0.251 e.